The van der Waals surface area contributed by atoms with Crippen molar-refractivity contribution in [1.29, 1.82) is 0 Å². The average Bonchev–Trinajstić information content (AvgIpc) is 2.07. The first kappa shape index (κ1) is 12.6. The number of hydrogen-bond acceptors (Lipinski definition) is 0. The van der Waals surface area contributed by atoms with Crippen LogP contribution in [-0.2, 0) is 0 Å². The molecule has 1 atom stereocenters. The standard InChI is InChI=1S/C8H10Br2N.BrH/c9-5-4-8(10)11-6-2-1-3-7-11;/h1-3,6-8H,4-5H2;1H/q+1;/p-1. The van der Waals surface area contributed by atoms with Crippen LogP contribution < -0.4 is 21.5 Å². The number of hydrogen-bond donors (Lipinski definition) is 0. The molecular weight excluding hydrogens is 350 g/mol. The van der Waals surface area contributed by atoms with E-state index in [2.05, 4.69) is 48.8 Å². The van der Waals surface area contributed by atoms with Gasteiger partial charge in [-0.3, -0.25) is 0 Å². The maximum atomic E-state index is 3.58. The Balaban J connectivity index is 0.00000121. The molecule has 68 valence electrons. The van der Waals surface area contributed by atoms with Gasteiger partial charge in [0.25, 0.3) is 0 Å². The van der Waals surface area contributed by atoms with Crippen molar-refractivity contribution in [3.63, 3.8) is 0 Å². The highest BCUT2D eigenvalue weighted by Crippen LogP contribution is 2.11. The molecule has 1 aromatic rings. The van der Waals surface area contributed by atoms with Gasteiger partial charge in [0.15, 0.2) is 12.4 Å². The maximum Gasteiger partial charge on any atom is 0.212 e. The van der Waals surface area contributed by atoms with Gasteiger partial charge in [-0.05, 0) is 15.9 Å². The summed E-state index contributed by atoms with van der Waals surface area (Å²) < 4.78 is 2.14. The van der Waals surface area contributed by atoms with E-state index in [9.17, 15) is 0 Å². The summed E-state index contributed by atoms with van der Waals surface area (Å²) in [6.45, 7) is 0. The van der Waals surface area contributed by atoms with Crippen LogP contribution in [0.2, 0.25) is 0 Å². The fourth-order valence-corrected chi connectivity index (χ4v) is 2.39. The summed E-state index contributed by atoms with van der Waals surface area (Å²) in [4.78, 5) is 0.406. The van der Waals surface area contributed by atoms with Gasteiger partial charge in [-0.15, -0.1) is 0 Å². The van der Waals surface area contributed by atoms with E-state index < -0.39 is 0 Å². The molecule has 1 rings (SSSR count). The predicted octanol–water partition coefficient (Wildman–Crippen LogP) is -0.343. The summed E-state index contributed by atoms with van der Waals surface area (Å²) in [6, 6.07) is 6.08. The van der Waals surface area contributed by atoms with Crippen molar-refractivity contribution in [3.05, 3.63) is 30.6 Å². The molecule has 1 aromatic heterocycles. The van der Waals surface area contributed by atoms with E-state index in [-0.39, 0.29) is 17.0 Å². The molecule has 0 aliphatic rings. The van der Waals surface area contributed by atoms with E-state index in [1.165, 1.54) is 0 Å². The lowest BCUT2D eigenvalue weighted by atomic mass is 10.4. The molecule has 0 aliphatic carbocycles. The van der Waals surface area contributed by atoms with Crippen LogP contribution in [0, 0.1) is 0 Å². The quantitative estimate of drug-likeness (QED) is 0.513. The largest absolute Gasteiger partial charge is 1.00 e. The van der Waals surface area contributed by atoms with Gasteiger partial charge in [0, 0.05) is 23.9 Å². The van der Waals surface area contributed by atoms with Crippen LogP contribution in [-0.4, -0.2) is 5.33 Å². The van der Waals surface area contributed by atoms with Crippen LogP contribution in [0.4, 0.5) is 0 Å². The van der Waals surface area contributed by atoms with Crippen molar-refractivity contribution >= 4 is 31.9 Å². The first-order chi connectivity index (χ1) is 5.34. The third-order valence-corrected chi connectivity index (χ3v) is 2.80. The monoisotopic (exact) mass is 357 g/mol. The van der Waals surface area contributed by atoms with Crippen molar-refractivity contribution < 1.29 is 21.5 Å². The topological polar surface area (TPSA) is 3.88 Å². The SMILES string of the molecule is BrCCC(Br)[n+]1ccccc1.[Br-]. The summed E-state index contributed by atoms with van der Waals surface area (Å²) >= 11 is 6.98. The van der Waals surface area contributed by atoms with Gasteiger partial charge in [0.1, 0.15) is 0 Å². The molecule has 0 spiro atoms. The second kappa shape index (κ2) is 7.04. The van der Waals surface area contributed by atoms with Gasteiger partial charge >= 0.3 is 0 Å². The minimum atomic E-state index is 0. The molecule has 1 unspecified atom stereocenters. The van der Waals surface area contributed by atoms with Gasteiger partial charge in [-0.25, -0.2) is 0 Å². The van der Waals surface area contributed by atoms with Gasteiger partial charge in [0.05, 0.1) is 0 Å². The van der Waals surface area contributed by atoms with Crippen molar-refractivity contribution in [1.82, 2.24) is 0 Å². The normalized spacial score (nSPS) is 11.8. The molecule has 0 saturated heterocycles. The van der Waals surface area contributed by atoms with E-state index in [1.807, 2.05) is 18.2 Å². The Labute approximate surface area is 100 Å². The van der Waals surface area contributed by atoms with E-state index in [1.54, 1.807) is 0 Å². The van der Waals surface area contributed by atoms with E-state index in [0.717, 1.165) is 11.8 Å². The number of rotatable bonds is 3. The van der Waals surface area contributed by atoms with Crippen molar-refractivity contribution in [2.45, 2.75) is 11.4 Å². The van der Waals surface area contributed by atoms with Gasteiger partial charge in [0.2, 0.25) is 4.95 Å². The number of pyridine rings is 1. The molecule has 0 saturated carbocycles. The fraction of sp³-hybridized carbons (Fsp3) is 0.375. The van der Waals surface area contributed by atoms with Gasteiger partial charge in [-0.2, -0.15) is 4.57 Å². The van der Waals surface area contributed by atoms with Crippen LogP contribution in [0.3, 0.4) is 0 Å². The van der Waals surface area contributed by atoms with E-state index >= 15 is 0 Å². The first-order valence-corrected chi connectivity index (χ1v) is 5.54. The van der Waals surface area contributed by atoms with E-state index in [0.29, 0.717) is 4.95 Å². The lowest BCUT2D eigenvalue weighted by molar-refractivity contribution is -0.697. The zero-order valence-electron chi connectivity index (χ0n) is 6.46. The minimum absolute atomic E-state index is 0. The number of halogens is 3. The van der Waals surface area contributed by atoms with Gasteiger partial charge < -0.3 is 17.0 Å². The van der Waals surface area contributed by atoms with Crippen molar-refractivity contribution in [3.8, 4) is 0 Å². The summed E-state index contributed by atoms with van der Waals surface area (Å²) in [5.74, 6) is 0. The Kier molecular flexibility index (Phi) is 7.38. The molecule has 0 aliphatic heterocycles. The lowest BCUT2D eigenvalue weighted by Gasteiger charge is -2.00. The zero-order valence-corrected chi connectivity index (χ0v) is 11.2. The summed E-state index contributed by atoms with van der Waals surface area (Å²) in [5, 5.41) is 1.02. The molecule has 0 amide bonds. The Morgan fingerprint density at radius 1 is 1.17 bits per heavy atom. The number of nitrogens with zero attached hydrogens (tertiary/aromatic N) is 1. The average molecular weight is 360 g/mol. The number of aromatic nitrogens is 1. The molecule has 12 heavy (non-hydrogen) atoms. The molecule has 1 nitrogen and oxygen atoms in total. The Morgan fingerprint density at radius 3 is 2.25 bits per heavy atom. The molecule has 0 bridgehead atoms. The smallest absolute Gasteiger partial charge is 0.212 e. The highest BCUT2D eigenvalue weighted by Gasteiger charge is 2.10. The summed E-state index contributed by atoms with van der Waals surface area (Å²) in [7, 11) is 0. The molecule has 0 N–H and O–H groups in total. The summed E-state index contributed by atoms with van der Waals surface area (Å²) in [5.41, 5.74) is 0. The highest BCUT2D eigenvalue weighted by molar-refractivity contribution is 9.09. The van der Waals surface area contributed by atoms with Crippen molar-refractivity contribution in [2.75, 3.05) is 5.33 Å². The molecule has 0 fully saturated rings. The van der Waals surface area contributed by atoms with Crippen LogP contribution in [0.1, 0.15) is 11.4 Å². The van der Waals surface area contributed by atoms with Crippen LogP contribution in [0.25, 0.3) is 0 Å². The second-order valence-corrected chi connectivity index (χ2v) is 4.08. The van der Waals surface area contributed by atoms with Crippen LogP contribution in [0.5, 0.6) is 0 Å². The third kappa shape index (κ3) is 4.01. The van der Waals surface area contributed by atoms with Crippen LogP contribution >= 0.6 is 31.9 Å². The summed E-state index contributed by atoms with van der Waals surface area (Å²) in [6.07, 6.45) is 5.21. The van der Waals surface area contributed by atoms with Crippen LogP contribution in [0.15, 0.2) is 30.6 Å². The Bertz CT molecular complexity index is 203. The zero-order chi connectivity index (χ0) is 8.10. The Morgan fingerprint density at radius 2 is 1.75 bits per heavy atom. The fourth-order valence-electron chi connectivity index (χ4n) is 0.838. The predicted molar refractivity (Wildman–Crippen MR) is 53.0 cm³/mol. The lowest BCUT2D eigenvalue weighted by Crippen LogP contribution is -3.00. The second-order valence-electron chi connectivity index (χ2n) is 2.23. The Hall–Kier alpha value is 0.590. The van der Waals surface area contributed by atoms with Crippen molar-refractivity contribution in [2.24, 2.45) is 0 Å². The number of alkyl halides is 2. The molecule has 0 aromatic carbocycles. The molecule has 4 heteroatoms. The minimum Gasteiger partial charge on any atom is -1.00 e. The first-order valence-electron chi connectivity index (χ1n) is 3.50. The third-order valence-electron chi connectivity index (χ3n) is 1.41. The maximum absolute atomic E-state index is 3.58. The molecule has 1 heterocycles. The molecular formula is C8H10Br3N. The van der Waals surface area contributed by atoms with Gasteiger partial charge in [-0.1, -0.05) is 22.0 Å². The molecule has 0 radical (unpaired) electrons. The van der Waals surface area contributed by atoms with E-state index in [4.69, 9.17) is 0 Å². The highest BCUT2D eigenvalue weighted by atomic mass is 79.9.